The molecule has 1 aromatic heterocycles. The van der Waals surface area contributed by atoms with E-state index in [2.05, 4.69) is 28.0 Å². The van der Waals surface area contributed by atoms with Crippen LogP contribution in [-0.2, 0) is 4.79 Å². The van der Waals surface area contributed by atoms with Crippen LogP contribution in [-0.4, -0.2) is 47.1 Å². The number of amides is 1. The molecular weight excluding hydrogens is 326 g/mol. The lowest BCUT2D eigenvalue weighted by atomic mass is 9.77. The second-order valence-corrected chi connectivity index (χ2v) is 7.32. The third kappa shape index (κ3) is 3.94. The van der Waals surface area contributed by atoms with Crippen molar-refractivity contribution in [3.8, 4) is 6.07 Å². The zero-order valence-electron chi connectivity index (χ0n) is 15.4. The topological polar surface area (TPSA) is 82.2 Å². The van der Waals surface area contributed by atoms with Gasteiger partial charge < -0.3 is 4.90 Å². The summed E-state index contributed by atoms with van der Waals surface area (Å²) in [6.45, 7) is 2.52. The van der Waals surface area contributed by atoms with E-state index in [0.717, 1.165) is 36.1 Å². The number of benzene rings is 1. The number of aliphatic imine (C=N–C) groups is 1. The van der Waals surface area contributed by atoms with E-state index < -0.39 is 0 Å². The normalized spacial score (nSPS) is 21.9. The third-order valence-corrected chi connectivity index (χ3v) is 4.70. The first-order chi connectivity index (χ1) is 12.5. The van der Waals surface area contributed by atoms with Gasteiger partial charge in [0, 0.05) is 18.1 Å². The van der Waals surface area contributed by atoms with Crippen molar-refractivity contribution in [2.45, 2.75) is 32.1 Å². The second-order valence-electron chi connectivity index (χ2n) is 7.32. The fourth-order valence-electron chi connectivity index (χ4n) is 3.73. The molecule has 1 amide bonds. The van der Waals surface area contributed by atoms with Gasteiger partial charge in [0.05, 0.1) is 17.6 Å². The molecule has 3 rings (SSSR count). The number of hydrogen-bond acceptors (Lipinski definition) is 5. The monoisotopic (exact) mass is 349 g/mol. The van der Waals surface area contributed by atoms with E-state index in [9.17, 15) is 10.1 Å². The minimum atomic E-state index is -0.0951. The van der Waals surface area contributed by atoms with Crippen molar-refractivity contribution in [2.24, 2.45) is 10.9 Å². The van der Waals surface area contributed by atoms with E-state index >= 15 is 0 Å². The van der Waals surface area contributed by atoms with Crippen LogP contribution >= 0.6 is 0 Å². The summed E-state index contributed by atoms with van der Waals surface area (Å²) in [6.07, 6.45) is 5.90. The number of carbonyl (C=O) groups excluding carboxylic acids is 1. The molecule has 2 aromatic rings. The number of nitriles is 1. The predicted octanol–water partition coefficient (Wildman–Crippen LogP) is 2.93. The molecule has 2 atom stereocenters. The number of likely N-dealkylation sites (N-methyl/N-ethyl adjacent to an activating group) is 1. The summed E-state index contributed by atoms with van der Waals surface area (Å²) >= 11 is 0. The molecule has 0 saturated heterocycles. The molecule has 1 heterocycles. The Bertz CT molecular complexity index is 897. The lowest BCUT2D eigenvalue weighted by Crippen LogP contribution is -2.25. The molecule has 1 aromatic carbocycles. The maximum atomic E-state index is 12.1. The van der Waals surface area contributed by atoms with Crippen LogP contribution in [0.4, 0.5) is 0 Å². The number of carbonyl (C=O) groups is 1. The molecule has 0 radical (unpaired) electrons. The fraction of sp³-hybridized carbons (Fsp3) is 0.450. The van der Waals surface area contributed by atoms with E-state index in [1.54, 1.807) is 12.4 Å². The summed E-state index contributed by atoms with van der Waals surface area (Å²) in [7, 11) is 3.73. The lowest BCUT2D eigenvalue weighted by Gasteiger charge is -2.29. The lowest BCUT2D eigenvalue weighted by molar-refractivity contribution is -0.118. The second kappa shape index (κ2) is 7.71. The standard InChI is InChI=1S/C20H23N5O/c1-13-8-15(10-16(9-13)24-18(26)12-25(2)3)17-5-4-14(11-21)19-20(17)23-7-6-22-19/h4-7,13,15H,8-10,12H2,1-3H3/t13-,15-/m1/s1. The van der Waals surface area contributed by atoms with E-state index in [1.807, 2.05) is 31.1 Å². The first kappa shape index (κ1) is 18.2. The van der Waals surface area contributed by atoms with Crippen LogP contribution in [0.5, 0.6) is 0 Å². The summed E-state index contributed by atoms with van der Waals surface area (Å²) < 4.78 is 0. The number of hydrogen-bond donors (Lipinski definition) is 0. The molecular formula is C20H23N5O. The van der Waals surface area contributed by atoms with Crippen molar-refractivity contribution in [3.05, 3.63) is 35.7 Å². The molecule has 0 bridgehead atoms. The molecule has 1 aliphatic carbocycles. The summed E-state index contributed by atoms with van der Waals surface area (Å²) in [5, 5.41) is 9.31. The minimum Gasteiger partial charge on any atom is -0.301 e. The van der Waals surface area contributed by atoms with Gasteiger partial charge in [-0.3, -0.25) is 14.8 Å². The van der Waals surface area contributed by atoms with Crippen LogP contribution in [0.1, 0.15) is 43.2 Å². The third-order valence-electron chi connectivity index (χ3n) is 4.70. The van der Waals surface area contributed by atoms with Gasteiger partial charge >= 0.3 is 0 Å². The average molecular weight is 349 g/mol. The Labute approximate surface area is 153 Å². The van der Waals surface area contributed by atoms with Crippen molar-refractivity contribution in [2.75, 3.05) is 20.6 Å². The van der Waals surface area contributed by atoms with Crippen molar-refractivity contribution >= 4 is 22.7 Å². The molecule has 1 aliphatic rings. The van der Waals surface area contributed by atoms with Gasteiger partial charge in [-0.25, -0.2) is 4.99 Å². The molecule has 0 unspecified atom stereocenters. The van der Waals surface area contributed by atoms with Gasteiger partial charge in [0.1, 0.15) is 11.6 Å². The SMILES string of the molecule is C[C@H]1CC(=NC(=O)CN(C)C)C[C@H](c2ccc(C#N)c3nccnc23)C1. The highest BCUT2D eigenvalue weighted by Crippen LogP contribution is 2.37. The van der Waals surface area contributed by atoms with Crippen LogP contribution in [0.2, 0.25) is 0 Å². The Kier molecular flexibility index (Phi) is 5.38. The van der Waals surface area contributed by atoms with Gasteiger partial charge in [0.15, 0.2) is 0 Å². The largest absolute Gasteiger partial charge is 0.301 e. The molecule has 0 aliphatic heterocycles. The van der Waals surface area contributed by atoms with Crippen LogP contribution in [0.25, 0.3) is 11.0 Å². The highest BCUT2D eigenvalue weighted by molar-refractivity contribution is 5.97. The Balaban J connectivity index is 1.94. The molecule has 26 heavy (non-hydrogen) atoms. The summed E-state index contributed by atoms with van der Waals surface area (Å²) in [5.74, 6) is 0.584. The first-order valence-corrected chi connectivity index (χ1v) is 8.85. The fourth-order valence-corrected chi connectivity index (χ4v) is 3.73. The molecule has 6 nitrogen and oxygen atoms in total. The van der Waals surface area contributed by atoms with Crippen LogP contribution < -0.4 is 0 Å². The first-order valence-electron chi connectivity index (χ1n) is 8.85. The van der Waals surface area contributed by atoms with E-state index in [0.29, 0.717) is 23.5 Å². The summed E-state index contributed by atoms with van der Waals surface area (Å²) in [5.41, 5.74) is 4.02. The highest BCUT2D eigenvalue weighted by Gasteiger charge is 2.27. The zero-order valence-corrected chi connectivity index (χ0v) is 15.4. The van der Waals surface area contributed by atoms with Crippen molar-refractivity contribution in [3.63, 3.8) is 0 Å². The maximum absolute atomic E-state index is 12.1. The van der Waals surface area contributed by atoms with E-state index in [-0.39, 0.29) is 11.8 Å². The molecule has 134 valence electrons. The molecule has 0 spiro atoms. The van der Waals surface area contributed by atoms with Gasteiger partial charge in [0.25, 0.3) is 5.91 Å². The highest BCUT2D eigenvalue weighted by atomic mass is 16.1. The van der Waals surface area contributed by atoms with Crippen LogP contribution in [0, 0.1) is 17.2 Å². The van der Waals surface area contributed by atoms with Crippen LogP contribution in [0.3, 0.4) is 0 Å². The molecule has 6 heteroatoms. The van der Waals surface area contributed by atoms with Crippen molar-refractivity contribution < 1.29 is 4.79 Å². The Hall–Kier alpha value is -2.65. The Morgan fingerprint density at radius 2 is 2.00 bits per heavy atom. The quantitative estimate of drug-likeness (QED) is 0.851. The van der Waals surface area contributed by atoms with Gasteiger partial charge in [-0.15, -0.1) is 0 Å². The summed E-state index contributed by atoms with van der Waals surface area (Å²) in [4.78, 5) is 27.1. The predicted molar refractivity (Wildman–Crippen MR) is 101 cm³/mol. The number of nitrogens with zero attached hydrogens (tertiary/aromatic N) is 5. The van der Waals surface area contributed by atoms with Gasteiger partial charge in [-0.2, -0.15) is 5.26 Å². The maximum Gasteiger partial charge on any atom is 0.259 e. The van der Waals surface area contributed by atoms with Crippen LogP contribution in [0.15, 0.2) is 29.5 Å². The molecule has 1 saturated carbocycles. The minimum absolute atomic E-state index is 0.0951. The molecule has 1 fully saturated rings. The Morgan fingerprint density at radius 1 is 1.27 bits per heavy atom. The number of rotatable bonds is 3. The van der Waals surface area contributed by atoms with Gasteiger partial charge in [-0.05, 0) is 56.8 Å². The smallest absolute Gasteiger partial charge is 0.259 e. The zero-order chi connectivity index (χ0) is 18.7. The van der Waals surface area contributed by atoms with Crippen molar-refractivity contribution in [1.29, 1.82) is 5.26 Å². The van der Waals surface area contributed by atoms with Gasteiger partial charge in [-0.1, -0.05) is 13.0 Å². The summed E-state index contributed by atoms with van der Waals surface area (Å²) in [6, 6.07) is 5.99. The number of aromatic nitrogens is 2. The Morgan fingerprint density at radius 3 is 2.69 bits per heavy atom. The van der Waals surface area contributed by atoms with E-state index in [4.69, 9.17) is 0 Å². The van der Waals surface area contributed by atoms with Crippen molar-refractivity contribution in [1.82, 2.24) is 14.9 Å². The molecule has 0 N–H and O–H groups in total. The number of fused-ring (bicyclic) bond motifs is 1. The van der Waals surface area contributed by atoms with E-state index in [1.165, 1.54) is 0 Å². The van der Waals surface area contributed by atoms with Gasteiger partial charge in [0.2, 0.25) is 0 Å². The average Bonchev–Trinajstić information content (AvgIpc) is 2.59.